The van der Waals surface area contributed by atoms with Crippen molar-refractivity contribution < 1.29 is 4.79 Å². The Kier molecular flexibility index (Phi) is 4.98. The van der Waals surface area contributed by atoms with Crippen LogP contribution in [0.25, 0.3) is 21.6 Å². The Morgan fingerprint density at radius 2 is 1.93 bits per heavy atom. The standard InChI is InChI=1S/C17H18N10O/c18-23-21-10-14(28)25-6-8-26(9-7-25)16-15-17(20-12-19-16)27(24-22-15)11-13-4-2-1-3-5-13/h1-5,12H,6-11H2. The third kappa shape index (κ3) is 3.55. The molecule has 4 rings (SSSR count). The summed E-state index contributed by atoms with van der Waals surface area (Å²) < 4.78 is 1.76. The number of aromatic nitrogens is 5. The Balaban J connectivity index is 1.51. The van der Waals surface area contributed by atoms with Crippen LogP contribution in [-0.2, 0) is 11.3 Å². The topological polar surface area (TPSA) is 129 Å². The van der Waals surface area contributed by atoms with Crippen molar-refractivity contribution in [1.29, 1.82) is 0 Å². The first-order valence-corrected chi connectivity index (χ1v) is 8.88. The molecule has 11 nitrogen and oxygen atoms in total. The fourth-order valence-corrected chi connectivity index (χ4v) is 3.23. The Hall–Kier alpha value is -3.72. The minimum absolute atomic E-state index is 0.151. The van der Waals surface area contributed by atoms with Gasteiger partial charge < -0.3 is 9.80 Å². The fourth-order valence-electron chi connectivity index (χ4n) is 3.23. The second-order valence-electron chi connectivity index (χ2n) is 6.36. The number of benzene rings is 1. The van der Waals surface area contributed by atoms with Gasteiger partial charge >= 0.3 is 0 Å². The summed E-state index contributed by atoms with van der Waals surface area (Å²) in [6.45, 7) is 2.71. The number of hydrogen-bond donors (Lipinski definition) is 0. The SMILES string of the molecule is [N-]=[N+]=NCC(=O)N1CCN(c2ncnc3c2nnn3Cc2ccccc2)CC1. The summed E-state index contributed by atoms with van der Waals surface area (Å²) in [7, 11) is 0. The van der Waals surface area contributed by atoms with Crippen LogP contribution in [-0.4, -0.2) is 68.5 Å². The van der Waals surface area contributed by atoms with Crippen LogP contribution in [0.1, 0.15) is 5.56 Å². The third-order valence-corrected chi connectivity index (χ3v) is 4.66. The van der Waals surface area contributed by atoms with E-state index in [-0.39, 0.29) is 12.5 Å². The first-order chi connectivity index (χ1) is 13.8. The molecule has 0 atom stereocenters. The Morgan fingerprint density at radius 3 is 2.68 bits per heavy atom. The van der Waals surface area contributed by atoms with Gasteiger partial charge in [-0.1, -0.05) is 40.7 Å². The van der Waals surface area contributed by atoms with E-state index in [2.05, 4.69) is 35.2 Å². The molecular formula is C17H18N10O. The predicted octanol–water partition coefficient (Wildman–Crippen LogP) is 1.23. The van der Waals surface area contributed by atoms with E-state index in [0.29, 0.717) is 49.7 Å². The number of carbonyl (C=O) groups excluding carboxylic acids is 1. The summed E-state index contributed by atoms with van der Waals surface area (Å²) in [5, 5.41) is 11.9. The molecule has 28 heavy (non-hydrogen) atoms. The monoisotopic (exact) mass is 378 g/mol. The Labute approximate surface area is 160 Å². The molecule has 0 aliphatic carbocycles. The van der Waals surface area contributed by atoms with Crippen molar-refractivity contribution in [3.63, 3.8) is 0 Å². The molecule has 1 saturated heterocycles. The lowest BCUT2D eigenvalue weighted by Gasteiger charge is -2.35. The summed E-state index contributed by atoms with van der Waals surface area (Å²) in [5.74, 6) is 0.547. The molecule has 0 bridgehead atoms. The van der Waals surface area contributed by atoms with Gasteiger partial charge in [0.25, 0.3) is 0 Å². The van der Waals surface area contributed by atoms with Crippen molar-refractivity contribution in [2.75, 3.05) is 37.6 Å². The second-order valence-corrected chi connectivity index (χ2v) is 6.36. The highest BCUT2D eigenvalue weighted by Gasteiger charge is 2.24. The van der Waals surface area contributed by atoms with Crippen LogP contribution < -0.4 is 4.90 Å². The predicted molar refractivity (Wildman–Crippen MR) is 101 cm³/mol. The van der Waals surface area contributed by atoms with Gasteiger partial charge in [0.2, 0.25) is 5.91 Å². The van der Waals surface area contributed by atoms with E-state index in [1.807, 2.05) is 30.3 Å². The van der Waals surface area contributed by atoms with E-state index in [1.165, 1.54) is 6.33 Å². The van der Waals surface area contributed by atoms with Gasteiger partial charge in [-0.25, -0.2) is 14.6 Å². The van der Waals surface area contributed by atoms with Gasteiger partial charge in [-0.05, 0) is 11.1 Å². The first-order valence-electron chi connectivity index (χ1n) is 8.88. The zero-order valence-electron chi connectivity index (χ0n) is 15.1. The molecule has 1 amide bonds. The maximum Gasteiger partial charge on any atom is 0.228 e. The molecular weight excluding hydrogens is 360 g/mol. The highest BCUT2D eigenvalue weighted by Crippen LogP contribution is 2.22. The number of fused-ring (bicyclic) bond motifs is 1. The molecule has 0 radical (unpaired) electrons. The molecule has 2 aromatic heterocycles. The number of carbonyl (C=O) groups is 1. The molecule has 0 saturated carbocycles. The fraction of sp³-hybridized carbons (Fsp3) is 0.353. The highest BCUT2D eigenvalue weighted by atomic mass is 16.2. The number of piperazine rings is 1. The van der Waals surface area contributed by atoms with Crippen LogP contribution in [0.15, 0.2) is 41.8 Å². The average molecular weight is 378 g/mol. The van der Waals surface area contributed by atoms with Gasteiger partial charge in [0.1, 0.15) is 12.9 Å². The van der Waals surface area contributed by atoms with E-state index < -0.39 is 0 Å². The molecule has 11 heteroatoms. The summed E-state index contributed by atoms with van der Waals surface area (Å²) in [6.07, 6.45) is 1.52. The van der Waals surface area contributed by atoms with Crippen molar-refractivity contribution in [3.05, 3.63) is 52.7 Å². The van der Waals surface area contributed by atoms with Crippen LogP contribution in [0.4, 0.5) is 5.82 Å². The van der Waals surface area contributed by atoms with Crippen molar-refractivity contribution in [2.24, 2.45) is 5.11 Å². The lowest BCUT2D eigenvalue weighted by Crippen LogP contribution is -2.49. The first kappa shape index (κ1) is 17.7. The molecule has 0 unspecified atom stereocenters. The molecule has 0 spiro atoms. The molecule has 1 aliphatic heterocycles. The maximum atomic E-state index is 12.0. The minimum atomic E-state index is -0.168. The molecule has 0 N–H and O–H groups in total. The molecule has 3 aromatic rings. The van der Waals surface area contributed by atoms with Gasteiger partial charge in [-0.15, -0.1) is 5.10 Å². The summed E-state index contributed by atoms with van der Waals surface area (Å²) in [6, 6.07) is 10.00. The van der Waals surface area contributed by atoms with Crippen LogP contribution >= 0.6 is 0 Å². The van der Waals surface area contributed by atoms with Gasteiger partial charge in [0.05, 0.1) is 6.54 Å². The van der Waals surface area contributed by atoms with Crippen LogP contribution in [0.5, 0.6) is 0 Å². The summed E-state index contributed by atoms with van der Waals surface area (Å²) in [5.41, 5.74) is 10.8. The van der Waals surface area contributed by atoms with E-state index in [4.69, 9.17) is 5.53 Å². The van der Waals surface area contributed by atoms with Crippen molar-refractivity contribution >= 4 is 22.9 Å². The average Bonchev–Trinajstić information content (AvgIpc) is 3.16. The van der Waals surface area contributed by atoms with Crippen molar-refractivity contribution in [3.8, 4) is 0 Å². The number of hydrogen-bond acceptors (Lipinski definition) is 7. The zero-order chi connectivity index (χ0) is 19.3. The number of azide groups is 1. The van der Waals surface area contributed by atoms with Crippen molar-refractivity contribution in [2.45, 2.75) is 6.54 Å². The van der Waals surface area contributed by atoms with Gasteiger partial charge in [-0.3, -0.25) is 4.79 Å². The number of nitrogens with zero attached hydrogens (tertiary/aromatic N) is 10. The number of anilines is 1. The highest BCUT2D eigenvalue weighted by molar-refractivity contribution is 5.83. The minimum Gasteiger partial charge on any atom is -0.351 e. The van der Waals surface area contributed by atoms with Crippen molar-refractivity contribution in [1.82, 2.24) is 29.9 Å². The van der Waals surface area contributed by atoms with Gasteiger partial charge in [0, 0.05) is 31.1 Å². The van der Waals surface area contributed by atoms with Gasteiger partial charge in [0.15, 0.2) is 17.0 Å². The third-order valence-electron chi connectivity index (χ3n) is 4.66. The second kappa shape index (κ2) is 7.89. The lowest BCUT2D eigenvalue weighted by molar-refractivity contribution is -0.129. The smallest absolute Gasteiger partial charge is 0.228 e. The molecule has 1 fully saturated rings. The van der Waals surface area contributed by atoms with Crippen LogP contribution in [0.3, 0.4) is 0 Å². The number of amides is 1. The Morgan fingerprint density at radius 1 is 1.14 bits per heavy atom. The van der Waals surface area contributed by atoms with E-state index >= 15 is 0 Å². The Bertz CT molecular complexity index is 1020. The van der Waals surface area contributed by atoms with Crippen LogP contribution in [0, 0.1) is 0 Å². The van der Waals surface area contributed by atoms with E-state index in [0.717, 1.165) is 5.56 Å². The van der Waals surface area contributed by atoms with Crippen LogP contribution in [0.2, 0.25) is 0 Å². The normalized spacial score (nSPS) is 14.1. The maximum absolute atomic E-state index is 12.0. The van der Waals surface area contributed by atoms with E-state index in [9.17, 15) is 4.79 Å². The summed E-state index contributed by atoms with van der Waals surface area (Å²) in [4.78, 5) is 27.1. The molecule has 3 heterocycles. The summed E-state index contributed by atoms with van der Waals surface area (Å²) >= 11 is 0. The molecule has 142 valence electrons. The quantitative estimate of drug-likeness (QED) is 0.373. The largest absolute Gasteiger partial charge is 0.351 e. The lowest BCUT2D eigenvalue weighted by atomic mass is 10.2. The van der Waals surface area contributed by atoms with Gasteiger partial charge in [-0.2, -0.15) is 0 Å². The molecule has 1 aliphatic rings. The molecule has 1 aromatic carbocycles. The zero-order valence-corrected chi connectivity index (χ0v) is 15.1. The number of rotatable bonds is 5. The van der Waals surface area contributed by atoms with E-state index in [1.54, 1.807) is 9.58 Å².